The standard InChI is InChI=1S/C14H20/c1-4-5-8-13-9-6-7-10-14(13)11-12(2)3/h4,6-7,9-10,12H,1,5,8,11H2,2-3H3. The quantitative estimate of drug-likeness (QED) is 0.613. The second kappa shape index (κ2) is 5.64. The van der Waals surface area contributed by atoms with Crippen LogP contribution < -0.4 is 0 Å². The molecular weight excluding hydrogens is 168 g/mol. The molecule has 0 amide bonds. The van der Waals surface area contributed by atoms with Crippen molar-refractivity contribution in [1.29, 1.82) is 0 Å². The molecule has 0 heteroatoms. The van der Waals surface area contributed by atoms with Crippen molar-refractivity contribution in [3.8, 4) is 0 Å². The fourth-order valence-electron chi connectivity index (χ4n) is 1.70. The van der Waals surface area contributed by atoms with Crippen molar-refractivity contribution in [2.24, 2.45) is 5.92 Å². The maximum absolute atomic E-state index is 3.77. The van der Waals surface area contributed by atoms with Crippen molar-refractivity contribution in [2.75, 3.05) is 0 Å². The summed E-state index contributed by atoms with van der Waals surface area (Å²) in [7, 11) is 0. The minimum atomic E-state index is 0.736. The van der Waals surface area contributed by atoms with Crippen LogP contribution in [-0.4, -0.2) is 0 Å². The van der Waals surface area contributed by atoms with E-state index in [1.54, 1.807) is 0 Å². The van der Waals surface area contributed by atoms with E-state index in [2.05, 4.69) is 44.7 Å². The van der Waals surface area contributed by atoms with E-state index in [0.717, 1.165) is 18.8 Å². The molecule has 0 bridgehead atoms. The van der Waals surface area contributed by atoms with E-state index < -0.39 is 0 Å². The van der Waals surface area contributed by atoms with Gasteiger partial charge in [-0.05, 0) is 36.3 Å². The van der Waals surface area contributed by atoms with Gasteiger partial charge < -0.3 is 0 Å². The van der Waals surface area contributed by atoms with Gasteiger partial charge in [-0.3, -0.25) is 0 Å². The van der Waals surface area contributed by atoms with Gasteiger partial charge in [0.25, 0.3) is 0 Å². The third-order valence-corrected chi connectivity index (χ3v) is 2.36. The summed E-state index contributed by atoms with van der Waals surface area (Å²) in [6, 6.07) is 8.75. The molecule has 0 fully saturated rings. The molecule has 1 rings (SSSR count). The van der Waals surface area contributed by atoms with Gasteiger partial charge in [0.1, 0.15) is 0 Å². The van der Waals surface area contributed by atoms with Gasteiger partial charge in [0.15, 0.2) is 0 Å². The zero-order valence-corrected chi connectivity index (χ0v) is 9.29. The van der Waals surface area contributed by atoms with E-state index >= 15 is 0 Å². The molecule has 0 N–H and O–H groups in total. The van der Waals surface area contributed by atoms with Crippen LogP contribution in [0.15, 0.2) is 36.9 Å². The van der Waals surface area contributed by atoms with E-state index in [4.69, 9.17) is 0 Å². The first-order valence-corrected chi connectivity index (χ1v) is 5.41. The van der Waals surface area contributed by atoms with Crippen LogP contribution in [-0.2, 0) is 12.8 Å². The van der Waals surface area contributed by atoms with Crippen molar-refractivity contribution >= 4 is 0 Å². The molecular formula is C14H20. The third-order valence-electron chi connectivity index (χ3n) is 2.36. The zero-order chi connectivity index (χ0) is 10.4. The minimum Gasteiger partial charge on any atom is -0.103 e. The summed E-state index contributed by atoms with van der Waals surface area (Å²) in [5.41, 5.74) is 2.99. The van der Waals surface area contributed by atoms with Gasteiger partial charge in [-0.1, -0.05) is 44.2 Å². The Morgan fingerprint density at radius 1 is 1.21 bits per heavy atom. The lowest BCUT2D eigenvalue weighted by Gasteiger charge is -2.10. The first-order chi connectivity index (χ1) is 6.74. The molecule has 0 unspecified atom stereocenters. The smallest absolute Gasteiger partial charge is 0.0242 e. The van der Waals surface area contributed by atoms with Crippen molar-refractivity contribution in [1.82, 2.24) is 0 Å². The maximum atomic E-state index is 3.77. The first kappa shape index (κ1) is 11.0. The Labute approximate surface area is 87.7 Å². The Morgan fingerprint density at radius 3 is 2.43 bits per heavy atom. The molecule has 0 aliphatic rings. The van der Waals surface area contributed by atoms with Crippen LogP contribution in [0.5, 0.6) is 0 Å². The van der Waals surface area contributed by atoms with Gasteiger partial charge in [0, 0.05) is 0 Å². The van der Waals surface area contributed by atoms with E-state index in [-0.39, 0.29) is 0 Å². The van der Waals surface area contributed by atoms with E-state index in [9.17, 15) is 0 Å². The number of allylic oxidation sites excluding steroid dienone is 1. The van der Waals surface area contributed by atoms with Crippen molar-refractivity contribution < 1.29 is 0 Å². The highest BCUT2D eigenvalue weighted by atomic mass is 14.1. The summed E-state index contributed by atoms with van der Waals surface area (Å²) in [4.78, 5) is 0. The molecule has 0 atom stereocenters. The maximum Gasteiger partial charge on any atom is -0.0242 e. The molecule has 0 aliphatic carbocycles. The Morgan fingerprint density at radius 2 is 1.86 bits per heavy atom. The Balaban J connectivity index is 2.74. The number of benzene rings is 1. The second-order valence-corrected chi connectivity index (χ2v) is 4.19. The van der Waals surface area contributed by atoms with Crippen LogP contribution in [0.2, 0.25) is 0 Å². The molecule has 0 spiro atoms. The minimum absolute atomic E-state index is 0.736. The number of rotatable bonds is 5. The number of aryl methyl sites for hydroxylation is 1. The fraction of sp³-hybridized carbons (Fsp3) is 0.429. The monoisotopic (exact) mass is 188 g/mol. The summed E-state index contributed by atoms with van der Waals surface area (Å²) in [5, 5.41) is 0. The average molecular weight is 188 g/mol. The van der Waals surface area contributed by atoms with Gasteiger partial charge in [-0.15, -0.1) is 6.58 Å². The molecule has 1 aromatic carbocycles. The van der Waals surface area contributed by atoms with Crippen LogP contribution in [0.1, 0.15) is 31.4 Å². The summed E-state index contributed by atoms with van der Waals surface area (Å²) in [6.45, 7) is 8.30. The molecule has 0 radical (unpaired) electrons. The van der Waals surface area contributed by atoms with Gasteiger partial charge in [-0.25, -0.2) is 0 Å². The van der Waals surface area contributed by atoms with Crippen molar-refractivity contribution in [3.63, 3.8) is 0 Å². The summed E-state index contributed by atoms with van der Waals surface area (Å²) in [6.07, 6.45) is 5.39. The Bertz CT molecular complexity index is 284. The first-order valence-electron chi connectivity index (χ1n) is 5.41. The molecule has 14 heavy (non-hydrogen) atoms. The molecule has 1 aromatic rings. The van der Waals surface area contributed by atoms with Crippen LogP contribution in [0.25, 0.3) is 0 Å². The van der Waals surface area contributed by atoms with Gasteiger partial charge >= 0.3 is 0 Å². The largest absolute Gasteiger partial charge is 0.103 e. The van der Waals surface area contributed by atoms with Crippen LogP contribution >= 0.6 is 0 Å². The predicted octanol–water partition coefficient (Wildman–Crippen LogP) is 4.00. The van der Waals surface area contributed by atoms with Gasteiger partial charge in [0.05, 0.1) is 0 Å². The molecule has 0 nitrogen and oxygen atoms in total. The SMILES string of the molecule is C=CCCc1ccccc1CC(C)C. The average Bonchev–Trinajstić information content (AvgIpc) is 2.16. The van der Waals surface area contributed by atoms with Gasteiger partial charge in [-0.2, -0.15) is 0 Å². The highest BCUT2D eigenvalue weighted by Gasteiger charge is 2.02. The lowest BCUT2D eigenvalue weighted by atomic mass is 9.95. The number of hydrogen-bond acceptors (Lipinski definition) is 0. The van der Waals surface area contributed by atoms with Crippen LogP contribution in [0.3, 0.4) is 0 Å². The van der Waals surface area contributed by atoms with Crippen molar-refractivity contribution in [3.05, 3.63) is 48.0 Å². The summed E-state index contributed by atoms with van der Waals surface area (Å²) in [5.74, 6) is 0.736. The highest BCUT2D eigenvalue weighted by Crippen LogP contribution is 2.15. The molecule has 0 aliphatic heterocycles. The molecule has 0 saturated heterocycles. The predicted molar refractivity (Wildman–Crippen MR) is 63.5 cm³/mol. The third kappa shape index (κ3) is 3.37. The molecule has 0 aromatic heterocycles. The second-order valence-electron chi connectivity index (χ2n) is 4.19. The fourth-order valence-corrected chi connectivity index (χ4v) is 1.70. The van der Waals surface area contributed by atoms with Crippen molar-refractivity contribution in [2.45, 2.75) is 33.1 Å². The normalized spacial score (nSPS) is 10.5. The molecule has 0 saturated carbocycles. The highest BCUT2D eigenvalue weighted by molar-refractivity contribution is 5.27. The van der Waals surface area contributed by atoms with E-state index in [0.29, 0.717) is 0 Å². The van der Waals surface area contributed by atoms with E-state index in [1.165, 1.54) is 17.5 Å². The van der Waals surface area contributed by atoms with Crippen LogP contribution in [0, 0.1) is 5.92 Å². The molecule has 76 valence electrons. The summed E-state index contributed by atoms with van der Waals surface area (Å²) >= 11 is 0. The summed E-state index contributed by atoms with van der Waals surface area (Å²) < 4.78 is 0. The zero-order valence-electron chi connectivity index (χ0n) is 9.29. The lowest BCUT2D eigenvalue weighted by Crippen LogP contribution is -1.99. The van der Waals surface area contributed by atoms with E-state index in [1.807, 2.05) is 6.08 Å². The number of hydrogen-bond donors (Lipinski definition) is 0. The van der Waals surface area contributed by atoms with Gasteiger partial charge in [0.2, 0.25) is 0 Å². The topological polar surface area (TPSA) is 0 Å². The molecule has 0 heterocycles. The Kier molecular flexibility index (Phi) is 4.45. The van der Waals surface area contributed by atoms with Crippen LogP contribution in [0.4, 0.5) is 0 Å². The Hall–Kier alpha value is -1.04. The lowest BCUT2D eigenvalue weighted by molar-refractivity contribution is 0.642.